The number of likely N-dealkylation sites (tertiary alicyclic amines) is 1. The summed E-state index contributed by atoms with van der Waals surface area (Å²) in [7, 11) is 2.22. The first kappa shape index (κ1) is 11.0. The molecule has 13 heavy (non-hydrogen) atoms. The number of rotatable bonds is 4. The van der Waals surface area contributed by atoms with E-state index in [1.54, 1.807) is 0 Å². The van der Waals surface area contributed by atoms with Crippen molar-refractivity contribution in [3.05, 3.63) is 0 Å². The van der Waals surface area contributed by atoms with Crippen molar-refractivity contribution in [3.63, 3.8) is 0 Å². The van der Waals surface area contributed by atoms with Crippen LogP contribution in [0.1, 0.15) is 20.3 Å². The van der Waals surface area contributed by atoms with Gasteiger partial charge in [-0.2, -0.15) is 0 Å². The van der Waals surface area contributed by atoms with Crippen molar-refractivity contribution in [2.45, 2.75) is 32.4 Å². The van der Waals surface area contributed by atoms with Gasteiger partial charge in [-0.3, -0.25) is 4.90 Å². The largest absolute Gasteiger partial charge is 0.329 e. The fraction of sp³-hybridized carbons (Fsp3) is 1.00. The fourth-order valence-electron chi connectivity index (χ4n) is 1.95. The summed E-state index contributed by atoms with van der Waals surface area (Å²) in [6, 6.07) is 1.40. The smallest absolute Gasteiger partial charge is 0.0235 e. The normalized spacial score (nSPS) is 24.9. The molecule has 1 atom stereocenters. The molecule has 0 radical (unpaired) electrons. The molecule has 78 valence electrons. The van der Waals surface area contributed by atoms with Crippen LogP contribution >= 0.6 is 0 Å². The maximum Gasteiger partial charge on any atom is 0.0235 e. The van der Waals surface area contributed by atoms with Crippen molar-refractivity contribution in [2.24, 2.45) is 5.73 Å². The van der Waals surface area contributed by atoms with Crippen LogP contribution in [0.3, 0.4) is 0 Å². The van der Waals surface area contributed by atoms with Gasteiger partial charge >= 0.3 is 0 Å². The predicted molar refractivity (Wildman–Crippen MR) is 56.8 cm³/mol. The van der Waals surface area contributed by atoms with Gasteiger partial charge in [-0.05, 0) is 33.9 Å². The molecular weight excluding hydrogens is 162 g/mol. The van der Waals surface area contributed by atoms with E-state index in [1.165, 1.54) is 19.5 Å². The molecule has 0 spiro atoms. The van der Waals surface area contributed by atoms with Gasteiger partial charge in [0.05, 0.1) is 0 Å². The van der Waals surface area contributed by atoms with E-state index in [4.69, 9.17) is 5.73 Å². The molecular formula is C10H23N3. The Labute approximate surface area is 81.9 Å². The molecule has 2 N–H and O–H groups in total. The second kappa shape index (κ2) is 4.94. The molecule has 1 fully saturated rings. The van der Waals surface area contributed by atoms with Crippen LogP contribution in [0.4, 0.5) is 0 Å². The lowest BCUT2D eigenvalue weighted by atomic mass is 10.2. The molecule has 0 bridgehead atoms. The molecule has 3 heteroatoms. The Hall–Kier alpha value is -0.120. The Balaban J connectivity index is 2.31. The van der Waals surface area contributed by atoms with E-state index < -0.39 is 0 Å². The molecule has 1 aliphatic rings. The number of likely N-dealkylation sites (N-methyl/N-ethyl adjacent to an activating group) is 1. The second-order valence-corrected chi connectivity index (χ2v) is 4.29. The highest BCUT2D eigenvalue weighted by Gasteiger charge is 2.25. The van der Waals surface area contributed by atoms with Crippen molar-refractivity contribution in [2.75, 3.05) is 33.2 Å². The molecule has 0 saturated carbocycles. The lowest BCUT2D eigenvalue weighted by Crippen LogP contribution is -2.39. The summed E-state index contributed by atoms with van der Waals surface area (Å²) in [4.78, 5) is 4.93. The van der Waals surface area contributed by atoms with E-state index in [0.717, 1.165) is 19.1 Å². The summed E-state index contributed by atoms with van der Waals surface area (Å²) in [5.74, 6) is 0. The monoisotopic (exact) mass is 185 g/mol. The molecule has 1 aliphatic heterocycles. The summed E-state index contributed by atoms with van der Waals surface area (Å²) < 4.78 is 0. The van der Waals surface area contributed by atoms with Gasteiger partial charge in [0.25, 0.3) is 0 Å². The van der Waals surface area contributed by atoms with Crippen molar-refractivity contribution >= 4 is 0 Å². The van der Waals surface area contributed by atoms with Crippen LogP contribution in [0, 0.1) is 0 Å². The molecule has 1 saturated heterocycles. The van der Waals surface area contributed by atoms with Crippen LogP contribution in [0.15, 0.2) is 0 Å². The summed E-state index contributed by atoms with van der Waals surface area (Å²) in [6.45, 7) is 8.78. The summed E-state index contributed by atoms with van der Waals surface area (Å²) in [5, 5.41) is 0. The standard InChI is InChI=1S/C10H23N3/c1-9(2)12(3)10-4-6-13(8-10)7-5-11/h9-10H,4-8,11H2,1-3H3. The number of nitrogens with two attached hydrogens (primary N) is 1. The summed E-state index contributed by atoms with van der Waals surface area (Å²) >= 11 is 0. The van der Waals surface area contributed by atoms with E-state index in [0.29, 0.717) is 6.04 Å². The van der Waals surface area contributed by atoms with E-state index >= 15 is 0 Å². The van der Waals surface area contributed by atoms with Gasteiger partial charge in [-0.25, -0.2) is 0 Å². The Kier molecular flexibility index (Phi) is 4.16. The van der Waals surface area contributed by atoms with Crippen molar-refractivity contribution in [1.29, 1.82) is 0 Å². The third-order valence-corrected chi connectivity index (χ3v) is 3.08. The van der Waals surface area contributed by atoms with Gasteiger partial charge in [-0.15, -0.1) is 0 Å². The van der Waals surface area contributed by atoms with E-state index in [2.05, 4.69) is 30.7 Å². The average molecular weight is 185 g/mol. The Morgan fingerprint density at radius 2 is 2.23 bits per heavy atom. The first-order chi connectivity index (χ1) is 6.15. The van der Waals surface area contributed by atoms with Crippen LogP contribution in [0.5, 0.6) is 0 Å². The maximum atomic E-state index is 5.53. The van der Waals surface area contributed by atoms with Crippen molar-refractivity contribution in [1.82, 2.24) is 9.80 Å². The van der Waals surface area contributed by atoms with Crippen LogP contribution in [-0.2, 0) is 0 Å². The summed E-state index contributed by atoms with van der Waals surface area (Å²) in [6.07, 6.45) is 1.30. The third-order valence-electron chi connectivity index (χ3n) is 3.08. The first-order valence-electron chi connectivity index (χ1n) is 5.29. The van der Waals surface area contributed by atoms with Gasteiger partial charge in [0, 0.05) is 31.7 Å². The minimum absolute atomic E-state index is 0.655. The van der Waals surface area contributed by atoms with Crippen LogP contribution in [0.25, 0.3) is 0 Å². The summed E-state index contributed by atoms with van der Waals surface area (Å²) in [5.41, 5.74) is 5.53. The number of hydrogen-bond donors (Lipinski definition) is 1. The van der Waals surface area contributed by atoms with Gasteiger partial charge in [0.1, 0.15) is 0 Å². The van der Waals surface area contributed by atoms with Crippen molar-refractivity contribution in [3.8, 4) is 0 Å². The molecule has 0 aromatic heterocycles. The van der Waals surface area contributed by atoms with Crippen molar-refractivity contribution < 1.29 is 0 Å². The van der Waals surface area contributed by atoms with Crippen LogP contribution in [-0.4, -0.2) is 55.1 Å². The molecule has 1 rings (SSSR count). The van der Waals surface area contributed by atoms with Gasteiger partial charge in [-0.1, -0.05) is 0 Å². The molecule has 0 amide bonds. The Morgan fingerprint density at radius 1 is 1.54 bits per heavy atom. The molecule has 0 aliphatic carbocycles. The van der Waals surface area contributed by atoms with E-state index in [9.17, 15) is 0 Å². The number of nitrogens with zero attached hydrogens (tertiary/aromatic N) is 2. The Morgan fingerprint density at radius 3 is 2.77 bits per heavy atom. The molecule has 0 aromatic rings. The molecule has 3 nitrogen and oxygen atoms in total. The Bertz CT molecular complexity index is 147. The third kappa shape index (κ3) is 2.93. The molecule has 1 heterocycles. The molecule has 0 aromatic carbocycles. The topological polar surface area (TPSA) is 32.5 Å². The lowest BCUT2D eigenvalue weighted by molar-refractivity contribution is 0.192. The predicted octanol–water partition coefficient (Wildman–Crippen LogP) is 0.360. The fourth-order valence-corrected chi connectivity index (χ4v) is 1.95. The minimum atomic E-state index is 0.655. The van der Waals surface area contributed by atoms with Crippen LogP contribution in [0.2, 0.25) is 0 Å². The van der Waals surface area contributed by atoms with Gasteiger partial charge < -0.3 is 10.6 Å². The lowest BCUT2D eigenvalue weighted by Gasteiger charge is -2.28. The zero-order valence-electron chi connectivity index (χ0n) is 9.16. The average Bonchev–Trinajstić information content (AvgIpc) is 2.52. The first-order valence-corrected chi connectivity index (χ1v) is 5.29. The zero-order valence-corrected chi connectivity index (χ0v) is 9.16. The van der Waals surface area contributed by atoms with Gasteiger partial charge in [0.2, 0.25) is 0 Å². The highest BCUT2D eigenvalue weighted by atomic mass is 15.2. The van der Waals surface area contributed by atoms with Gasteiger partial charge in [0.15, 0.2) is 0 Å². The highest BCUT2D eigenvalue weighted by molar-refractivity contribution is 4.83. The maximum absolute atomic E-state index is 5.53. The van der Waals surface area contributed by atoms with E-state index in [1.807, 2.05) is 0 Å². The number of hydrogen-bond acceptors (Lipinski definition) is 3. The van der Waals surface area contributed by atoms with E-state index in [-0.39, 0.29) is 0 Å². The van der Waals surface area contributed by atoms with Crippen LogP contribution < -0.4 is 5.73 Å². The quantitative estimate of drug-likeness (QED) is 0.686. The zero-order chi connectivity index (χ0) is 9.84. The SMILES string of the molecule is CC(C)N(C)C1CCN(CCN)C1. The minimum Gasteiger partial charge on any atom is -0.329 e. The highest BCUT2D eigenvalue weighted by Crippen LogP contribution is 2.15. The molecule has 1 unspecified atom stereocenters. The second-order valence-electron chi connectivity index (χ2n) is 4.29.